The Morgan fingerprint density at radius 2 is 1.69 bits per heavy atom. The summed E-state index contributed by atoms with van der Waals surface area (Å²) >= 11 is 1.36. The first kappa shape index (κ1) is 20.7. The Morgan fingerprint density at radius 1 is 0.938 bits per heavy atom. The number of para-hydroxylation sites is 1. The third-order valence-corrected chi connectivity index (χ3v) is 7.47. The maximum absolute atomic E-state index is 13.3. The molecule has 2 N–H and O–H groups in total. The SMILES string of the molecule is CCC1(CC)Cc2ccccc2-c2nc(CSc3nc4ccccc4c(=O)[nH]3)[nH]c(=O)c21. The van der Waals surface area contributed by atoms with Gasteiger partial charge in [0.1, 0.15) is 5.82 Å². The van der Waals surface area contributed by atoms with Crippen LogP contribution in [0.1, 0.15) is 43.6 Å². The van der Waals surface area contributed by atoms with Crippen LogP contribution in [0, 0.1) is 0 Å². The molecule has 0 fully saturated rings. The molecule has 7 heteroatoms. The lowest BCUT2D eigenvalue weighted by Gasteiger charge is -2.37. The number of fused-ring (bicyclic) bond motifs is 4. The first-order valence-electron chi connectivity index (χ1n) is 10.9. The second-order valence-corrected chi connectivity index (χ2v) is 9.20. The molecule has 0 amide bonds. The average molecular weight is 445 g/mol. The maximum Gasteiger partial charge on any atom is 0.259 e. The van der Waals surface area contributed by atoms with Gasteiger partial charge >= 0.3 is 0 Å². The van der Waals surface area contributed by atoms with Gasteiger partial charge in [0.05, 0.1) is 27.9 Å². The molecular weight excluding hydrogens is 420 g/mol. The Morgan fingerprint density at radius 3 is 2.50 bits per heavy atom. The van der Waals surface area contributed by atoms with E-state index in [1.165, 1.54) is 17.3 Å². The van der Waals surface area contributed by atoms with Gasteiger partial charge in [-0.25, -0.2) is 9.97 Å². The number of thioether (sulfide) groups is 1. The molecule has 4 aromatic rings. The summed E-state index contributed by atoms with van der Waals surface area (Å²) in [6.07, 6.45) is 2.61. The van der Waals surface area contributed by atoms with Crippen molar-refractivity contribution in [3.05, 3.63) is 86.2 Å². The Bertz CT molecular complexity index is 1440. The molecule has 0 unspecified atom stereocenters. The highest BCUT2D eigenvalue weighted by Gasteiger charge is 2.39. The Labute approximate surface area is 189 Å². The fourth-order valence-electron chi connectivity index (χ4n) is 4.76. The molecule has 1 aliphatic rings. The lowest BCUT2D eigenvalue weighted by molar-refractivity contribution is 0.383. The number of H-pyrrole nitrogens is 2. The summed E-state index contributed by atoms with van der Waals surface area (Å²) in [5, 5.41) is 1.06. The number of hydrogen-bond donors (Lipinski definition) is 2. The lowest BCUT2D eigenvalue weighted by Crippen LogP contribution is -2.38. The molecular formula is C25H24N4O2S. The summed E-state index contributed by atoms with van der Waals surface area (Å²) in [4.78, 5) is 40.9. The summed E-state index contributed by atoms with van der Waals surface area (Å²) in [5.74, 6) is 0.976. The number of nitrogens with zero attached hydrogens (tertiary/aromatic N) is 2. The molecule has 2 aromatic heterocycles. The van der Waals surface area contributed by atoms with E-state index in [1.807, 2.05) is 30.3 Å². The van der Waals surface area contributed by atoms with E-state index in [2.05, 4.69) is 40.9 Å². The predicted octanol–water partition coefficient (Wildman–Crippen LogP) is 4.58. The fraction of sp³-hybridized carbons (Fsp3) is 0.280. The number of nitrogens with one attached hydrogen (secondary N) is 2. The van der Waals surface area contributed by atoms with Gasteiger partial charge in [-0.05, 0) is 37.0 Å². The molecule has 2 heterocycles. The quantitative estimate of drug-likeness (QED) is 0.347. The molecule has 0 aliphatic heterocycles. The zero-order chi connectivity index (χ0) is 22.3. The number of hydrogen-bond acceptors (Lipinski definition) is 5. The molecule has 0 radical (unpaired) electrons. The Kier molecular flexibility index (Phi) is 5.21. The standard InChI is InChI=1S/C25H24N4O2S/c1-3-25(4-2)13-15-9-5-6-10-16(15)21-20(25)23(31)28-19(27-21)14-32-24-26-18-12-8-7-11-17(18)22(30)29-24/h5-12H,3-4,13-14H2,1-2H3,(H,26,29,30)(H,27,28,31). The van der Waals surface area contributed by atoms with Gasteiger partial charge in [0.2, 0.25) is 0 Å². The van der Waals surface area contributed by atoms with Crippen LogP contribution >= 0.6 is 11.8 Å². The van der Waals surface area contributed by atoms with Crippen molar-refractivity contribution in [1.29, 1.82) is 0 Å². The van der Waals surface area contributed by atoms with Gasteiger partial charge in [0.15, 0.2) is 5.16 Å². The van der Waals surface area contributed by atoms with Crippen LogP contribution in [0.15, 0.2) is 63.3 Å². The monoisotopic (exact) mass is 444 g/mol. The van der Waals surface area contributed by atoms with Crippen LogP contribution in [0.4, 0.5) is 0 Å². The fourth-order valence-corrected chi connectivity index (χ4v) is 5.50. The van der Waals surface area contributed by atoms with Gasteiger partial charge in [-0.3, -0.25) is 9.59 Å². The van der Waals surface area contributed by atoms with Crippen LogP contribution in [0.2, 0.25) is 0 Å². The van der Waals surface area contributed by atoms with Crippen LogP contribution in [-0.4, -0.2) is 19.9 Å². The van der Waals surface area contributed by atoms with Gasteiger partial charge in [-0.1, -0.05) is 62.0 Å². The van der Waals surface area contributed by atoms with E-state index in [0.717, 1.165) is 36.1 Å². The van der Waals surface area contributed by atoms with Crippen molar-refractivity contribution in [2.24, 2.45) is 0 Å². The average Bonchev–Trinajstić information content (AvgIpc) is 2.82. The zero-order valence-electron chi connectivity index (χ0n) is 18.1. The second kappa shape index (κ2) is 8.06. The molecule has 0 bridgehead atoms. The van der Waals surface area contributed by atoms with Crippen LogP contribution in [0.5, 0.6) is 0 Å². The van der Waals surface area contributed by atoms with Crippen molar-refractivity contribution < 1.29 is 0 Å². The minimum atomic E-state index is -0.207. The summed E-state index contributed by atoms with van der Waals surface area (Å²) in [6, 6.07) is 15.5. The van der Waals surface area contributed by atoms with E-state index in [0.29, 0.717) is 27.6 Å². The Balaban J connectivity index is 1.55. The van der Waals surface area contributed by atoms with E-state index in [-0.39, 0.29) is 16.5 Å². The highest BCUT2D eigenvalue weighted by Crippen LogP contribution is 2.44. The highest BCUT2D eigenvalue weighted by molar-refractivity contribution is 7.98. The summed E-state index contributed by atoms with van der Waals surface area (Å²) < 4.78 is 0. The minimum absolute atomic E-state index is 0.0660. The maximum atomic E-state index is 13.3. The second-order valence-electron chi connectivity index (χ2n) is 8.23. The van der Waals surface area contributed by atoms with E-state index in [9.17, 15) is 9.59 Å². The van der Waals surface area contributed by atoms with E-state index < -0.39 is 0 Å². The van der Waals surface area contributed by atoms with E-state index in [1.54, 1.807) is 6.07 Å². The minimum Gasteiger partial charge on any atom is -0.310 e. The zero-order valence-corrected chi connectivity index (χ0v) is 18.9. The molecule has 2 aromatic carbocycles. The van der Waals surface area contributed by atoms with Crippen LogP contribution in [-0.2, 0) is 17.6 Å². The molecule has 1 aliphatic carbocycles. The normalized spacial score (nSPS) is 14.2. The number of benzene rings is 2. The van der Waals surface area contributed by atoms with Crippen molar-refractivity contribution in [3.63, 3.8) is 0 Å². The van der Waals surface area contributed by atoms with Gasteiger partial charge in [0.25, 0.3) is 11.1 Å². The van der Waals surface area contributed by atoms with Gasteiger partial charge in [0, 0.05) is 11.0 Å². The first-order chi connectivity index (χ1) is 15.5. The van der Waals surface area contributed by atoms with Gasteiger partial charge in [-0.2, -0.15) is 0 Å². The van der Waals surface area contributed by atoms with Crippen LogP contribution in [0.25, 0.3) is 22.2 Å². The summed E-state index contributed by atoms with van der Waals surface area (Å²) in [6.45, 7) is 4.29. The number of rotatable bonds is 5. The Hall–Kier alpha value is -3.19. The lowest BCUT2D eigenvalue weighted by atomic mass is 9.66. The largest absolute Gasteiger partial charge is 0.310 e. The molecule has 5 rings (SSSR count). The van der Waals surface area contributed by atoms with E-state index in [4.69, 9.17) is 4.98 Å². The molecule has 6 nitrogen and oxygen atoms in total. The molecule has 32 heavy (non-hydrogen) atoms. The summed E-state index contributed by atoms with van der Waals surface area (Å²) in [7, 11) is 0. The molecule has 0 saturated heterocycles. The first-order valence-corrected chi connectivity index (χ1v) is 11.9. The molecule has 0 spiro atoms. The highest BCUT2D eigenvalue weighted by atomic mass is 32.2. The smallest absolute Gasteiger partial charge is 0.259 e. The van der Waals surface area contributed by atoms with Crippen molar-refractivity contribution in [2.45, 2.75) is 49.4 Å². The van der Waals surface area contributed by atoms with Gasteiger partial charge in [-0.15, -0.1) is 0 Å². The number of aromatic amines is 2. The third kappa shape index (κ3) is 3.37. The van der Waals surface area contributed by atoms with E-state index >= 15 is 0 Å². The molecule has 0 saturated carbocycles. The van der Waals surface area contributed by atoms with Crippen LogP contribution < -0.4 is 11.1 Å². The van der Waals surface area contributed by atoms with Crippen molar-refractivity contribution in [2.75, 3.05) is 0 Å². The van der Waals surface area contributed by atoms with Gasteiger partial charge < -0.3 is 9.97 Å². The number of aromatic nitrogens is 4. The topological polar surface area (TPSA) is 91.5 Å². The summed E-state index contributed by atoms with van der Waals surface area (Å²) in [5.41, 5.74) is 4.06. The van der Waals surface area contributed by atoms with Crippen molar-refractivity contribution in [1.82, 2.24) is 19.9 Å². The molecule has 0 atom stereocenters. The van der Waals surface area contributed by atoms with Crippen molar-refractivity contribution >= 4 is 22.7 Å². The third-order valence-electron chi connectivity index (χ3n) is 6.59. The molecule has 162 valence electrons. The van der Waals surface area contributed by atoms with Crippen molar-refractivity contribution in [3.8, 4) is 11.3 Å². The van der Waals surface area contributed by atoms with Crippen LogP contribution in [0.3, 0.4) is 0 Å². The predicted molar refractivity (Wildman–Crippen MR) is 128 cm³/mol.